The first-order valence-corrected chi connectivity index (χ1v) is 7.54. The second-order valence-corrected chi connectivity index (χ2v) is 6.17. The molecule has 0 aliphatic rings. The van der Waals surface area contributed by atoms with Crippen molar-refractivity contribution in [2.75, 3.05) is 4.72 Å². The van der Waals surface area contributed by atoms with Gasteiger partial charge in [0.05, 0.1) is 10.6 Å². The van der Waals surface area contributed by atoms with E-state index in [1.165, 1.54) is 6.07 Å². The van der Waals surface area contributed by atoms with Gasteiger partial charge < -0.3 is 4.72 Å². The molecule has 0 saturated heterocycles. The second kappa shape index (κ2) is 6.31. The summed E-state index contributed by atoms with van der Waals surface area (Å²) < 4.78 is 17.5. The van der Waals surface area contributed by atoms with E-state index in [4.69, 9.17) is 23.2 Å². The number of rotatable bonds is 3. The maximum Gasteiger partial charge on any atom is 0.153 e. The van der Waals surface area contributed by atoms with Crippen LogP contribution in [0, 0.1) is 12.7 Å². The van der Waals surface area contributed by atoms with Gasteiger partial charge in [0.2, 0.25) is 0 Å². The fraction of sp³-hybridized carbons (Fsp3) is 0.0833. The number of aromatic nitrogens is 1. The van der Waals surface area contributed by atoms with Crippen molar-refractivity contribution in [3.63, 3.8) is 0 Å². The number of anilines is 1. The van der Waals surface area contributed by atoms with Crippen LogP contribution in [-0.4, -0.2) is 4.98 Å². The van der Waals surface area contributed by atoms with Crippen LogP contribution in [0.2, 0.25) is 10.2 Å². The van der Waals surface area contributed by atoms with Crippen molar-refractivity contribution in [2.24, 2.45) is 0 Å². The number of pyridine rings is 1. The molecule has 1 aromatic heterocycles. The molecule has 0 radical (unpaired) electrons. The molecule has 0 fully saturated rings. The zero-order chi connectivity index (χ0) is 14.0. The van der Waals surface area contributed by atoms with Crippen LogP contribution in [0.4, 0.5) is 10.1 Å². The number of hydrogen-bond acceptors (Lipinski definition) is 3. The van der Waals surface area contributed by atoms with Gasteiger partial charge in [-0.25, -0.2) is 9.37 Å². The standard InChI is InChI=1S/C12H8BrCl2FN2S/c1-6-8(13)5-17-12(15)11(6)18-19-10-3-2-7(14)4-9(10)16/h2-5,18H,1H3. The highest BCUT2D eigenvalue weighted by Crippen LogP contribution is 2.33. The van der Waals surface area contributed by atoms with Crippen molar-refractivity contribution in [3.05, 3.63) is 50.4 Å². The molecular weight excluding hydrogens is 374 g/mol. The van der Waals surface area contributed by atoms with Crippen molar-refractivity contribution >= 4 is 56.8 Å². The number of benzene rings is 1. The van der Waals surface area contributed by atoms with E-state index >= 15 is 0 Å². The summed E-state index contributed by atoms with van der Waals surface area (Å²) in [7, 11) is 0. The first-order chi connectivity index (χ1) is 8.99. The number of halogens is 4. The van der Waals surface area contributed by atoms with E-state index in [0.717, 1.165) is 22.0 Å². The molecular formula is C12H8BrCl2FN2S. The highest BCUT2D eigenvalue weighted by Gasteiger charge is 2.10. The van der Waals surface area contributed by atoms with Crippen LogP contribution in [0.3, 0.4) is 0 Å². The van der Waals surface area contributed by atoms with Gasteiger partial charge in [0.15, 0.2) is 5.15 Å². The summed E-state index contributed by atoms with van der Waals surface area (Å²) in [6.45, 7) is 1.89. The van der Waals surface area contributed by atoms with Crippen LogP contribution in [0.1, 0.15) is 5.56 Å². The Kier molecular flexibility index (Phi) is 4.95. The maximum atomic E-state index is 13.6. The molecule has 0 unspecified atom stereocenters. The Bertz CT molecular complexity index is 625. The number of nitrogens with one attached hydrogen (secondary N) is 1. The predicted octanol–water partition coefficient (Wildman–Crippen LogP) is 5.72. The quantitative estimate of drug-likeness (QED) is 0.543. The highest BCUT2D eigenvalue weighted by molar-refractivity contribution is 9.10. The third-order valence-electron chi connectivity index (χ3n) is 2.39. The van der Waals surface area contributed by atoms with Crippen LogP contribution in [0.15, 0.2) is 33.8 Å². The third kappa shape index (κ3) is 3.54. The molecule has 0 bridgehead atoms. The van der Waals surface area contributed by atoms with Crippen LogP contribution in [-0.2, 0) is 0 Å². The van der Waals surface area contributed by atoms with Crippen molar-refractivity contribution in [3.8, 4) is 0 Å². The molecule has 1 aromatic carbocycles. The van der Waals surface area contributed by atoms with Crippen molar-refractivity contribution in [2.45, 2.75) is 11.8 Å². The first-order valence-electron chi connectivity index (χ1n) is 5.17. The normalized spacial score (nSPS) is 10.6. The minimum absolute atomic E-state index is 0.336. The molecule has 0 spiro atoms. The Hall–Kier alpha value is -0.490. The van der Waals surface area contributed by atoms with Gasteiger partial charge in [-0.3, -0.25) is 0 Å². The molecule has 2 aromatic rings. The van der Waals surface area contributed by atoms with Crippen LogP contribution >= 0.6 is 51.1 Å². The van der Waals surface area contributed by atoms with E-state index in [1.807, 2.05) is 6.92 Å². The number of hydrogen-bond donors (Lipinski definition) is 1. The lowest BCUT2D eigenvalue weighted by molar-refractivity contribution is 0.602. The average molecular weight is 382 g/mol. The topological polar surface area (TPSA) is 24.9 Å². The SMILES string of the molecule is Cc1c(Br)cnc(Cl)c1NSc1ccc(Cl)cc1F. The third-order valence-corrected chi connectivity index (χ3v) is 4.57. The summed E-state index contributed by atoms with van der Waals surface area (Å²) in [6.07, 6.45) is 1.62. The van der Waals surface area contributed by atoms with E-state index in [-0.39, 0.29) is 5.82 Å². The van der Waals surface area contributed by atoms with Crippen LogP contribution < -0.4 is 4.72 Å². The fourth-order valence-electron chi connectivity index (χ4n) is 1.33. The van der Waals surface area contributed by atoms with E-state index in [0.29, 0.717) is 20.8 Å². The highest BCUT2D eigenvalue weighted by atomic mass is 79.9. The Morgan fingerprint density at radius 3 is 2.79 bits per heavy atom. The monoisotopic (exact) mass is 380 g/mol. The van der Waals surface area contributed by atoms with E-state index < -0.39 is 0 Å². The molecule has 1 N–H and O–H groups in total. The van der Waals surface area contributed by atoms with Gasteiger partial charge in [-0.05, 0) is 58.6 Å². The van der Waals surface area contributed by atoms with Crippen molar-refractivity contribution < 1.29 is 4.39 Å². The smallest absolute Gasteiger partial charge is 0.153 e. The molecule has 2 nitrogen and oxygen atoms in total. The number of nitrogens with zero attached hydrogens (tertiary/aromatic N) is 1. The summed E-state index contributed by atoms with van der Waals surface area (Å²) in [6, 6.07) is 4.49. The largest absolute Gasteiger partial charge is 0.323 e. The van der Waals surface area contributed by atoms with Crippen LogP contribution in [0.25, 0.3) is 0 Å². The Balaban J connectivity index is 2.21. The average Bonchev–Trinajstić information content (AvgIpc) is 2.36. The molecule has 0 aliphatic carbocycles. The zero-order valence-electron chi connectivity index (χ0n) is 9.68. The molecule has 1 heterocycles. The Labute approximate surface area is 133 Å². The fourth-order valence-corrected chi connectivity index (χ4v) is 2.84. The molecule has 2 rings (SSSR count). The van der Waals surface area contributed by atoms with Crippen LogP contribution in [0.5, 0.6) is 0 Å². The maximum absolute atomic E-state index is 13.6. The minimum atomic E-state index is -0.387. The summed E-state index contributed by atoms with van der Waals surface area (Å²) in [5.41, 5.74) is 1.55. The molecule has 100 valence electrons. The molecule has 0 amide bonds. The summed E-state index contributed by atoms with van der Waals surface area (Å²) >= 11 is 16.2. The molecule has 7 heteroatoms. The zero-order valence-corrected chi connectivity index (χ0v) is 13.6. The summed E-state index contributed by atoms with van der Waals surface area (Å²) in [5, 5.41) is 0.697. The van der Waals surface area contributed by atoms with Gasteiger partial charge in [-0.15, -0.1) is 0 Å². The lowest BCUT2D eigenvalue weighted by Crippen LogP contribution is -1.95. The molecule has 0 saturated carbocycles. The molecule has 19 heavy (non-hydrogen) atoms. The van der Waals surface area contributed by atoms with Crippen molar-refractivity contribution in [1.82, 2.24) is 4.98 Å². The minimum Gasteiger partial charge on any atom is -0.323 e. The van der Waals surface area contributed by atoms with Gasteiger partial charge in [-0.2, -0.15) is 0 Å². The second-order valence-electron chi connectivity index (χ2n) is 3.68. The predicted molar refractivity (Wildman–Crippen MR) is 82.6 cm³/mol. The van der Waals surface area contributed by atoms with Gasteiger partial charge in [0.25, 0.3) is 0 Å². The lowest BCUT2D eigenvalue weighted by atomic mass is 10.3. The first kappa shape index (κ1) is 14.9. The Morgan fingerprint density at radius 1 is 1.37 bits per heavy atom. The van der Waals surface area contributed by atoms with Gasteiger partial charge in [0.1, 0.15) is 5.82 Å². The van der Waals surface area contributed by atoms with Gasteiger partial charge >= 0.3 is 0 Å². The summed E-state index contributed by atoms with van der Waals surface area (Å²) in [5.74, 6) is -0.387. The van der Waals surface area contributed by atoms with E-state index in [9.17, 15) is 4.39 Å². The van der Waals surface area contributed by atoms with E-state index in [1.54, 1.807) is 18.3 Å². The lowest BCUT2D eigenvalue weighted by Gasteiger charge is -2.11. The summed E-state index contributed by atoms with van der Waals surface area (Å²) in [4.78, 5) is 4.45. The van der Waals surface area contributed by atoms with Gasteiger partial charge in [-0.1, -0.05) is 23.2 Å². The Morgan fingerprint density at radius 2 is 2.11 bits per heavy atom. The molecule has 0 aliphatic heterocycles. The van der Waals surface area contributed by atoms with Crippen molar-refractivity contribution in [1.29, 1.82) is 0 Å². The van der Waals surface area contributed by atoms with Gasteiger partial charge in [0, 0.05) is 15.7 Å². The molecule has 0 atom stereocenters. The van der Waals surface area contributed by atoms with E-state index in [2.05, 4.69) is 25.6 Å².